The van der Waals surface area contributed by atoms with Crippen molar-refractivity contribution in [3.63, 3.8) is 0 Å². The Morgan fingerprint density at radius 2 is 1.86 bits per heavy atom. The van der Waals surface area contributed by atoms with Crippen LogP contribution in [-0.4, -0.2) is 49.9 Å². The molecule has 0 amide bonds. The van der Waals surface area contributed by atoms with Crippen LogP contribution >= 0.6 is 0 Å². The van der Waals surface area contributed by atoms with E-state index < -0.39 is 29.2 Å². The summed E-state index contributed by atoms with van der Waals surface area (Å²) in [5.74, 6) is 0.637. The third-order valence-electron chi connectivity index (χ3n) is 5.22. The van der Waals surface area contributed by atoms with Gasteiger partial charge >= 0.3 is 11.9 Å². The van der Waals surface area contributed by atoms with Crippen molar-refractivity contribution in [1.82, 2.24) is 19.0 Å². The molecule has 1 atom stereocenters. The Hall–Kier alpha value is -2.20. The summed E-state index contributed by atoms with van der Waals surface area (Å²) in [6, 6.07) is 1.73. The highest BCUT2D eigenvalue weighted by Crippen LogP contribution is 2.28. The van der Waals surface area contributed by atoms with E-state index in [2.05, 4.69) is 16.8 Å². The molecule has 10 heteroatoms. The summed E-state index contributed by atoms with van der Waals surface area (Å²) in [4.78, 5) is 30.7. The molecule has 0 aliphatic carbocycles. The molecule has 0 radical (unpaired) electrons. The molecule has 7 nitrogen and oxygen atoms in total. The van der Waals surface area contributed by atoms with E-state index in [1.807, 2.05) is 0 Å². The molecule has 1 N–H and O–H groups in total. The zero-order valence-electron chi connectivity index (χ0n) is 15.7. The predicted octanol–water partition coefficient (Wildman–Crippen LogP) is 1.21. The van der Waals surface area contributed by atoms with Crippen LogP contribution in [0.5, 0.6) is 0 Å². The first-order valence-electron chi connectivity index (χ1n) is 9.16. The fraction of sp³-hybridized carbons (Fsp3) is 0.611. The lowest BCUT2D eigenvalue weighted by Gasteiger charge is -2.31. The molecule has 0 saturated carbocycles. The number of pyridine rings is 1. The van der Waals surface area contributed by atoms with Gasteiger partial charge in [0.1, 0.15) is 11.3 Å². The van der Waals surface area contributed by atoms with Crippen LogP contribution in [-0.2, 0) is 19.8 Å². The average molecular weight is 400 g/mol. The van der Waals surface area contributed by atoms with Crippen molar-refractivity contribution in [3.8, 4) is 0 Å². The summed E-state index contributed by atoms with van der Waals surface area (Å²) < 4.78 is 40.4. The summed E-state index contributed by atoms with van der Waals surface area (Å²) in [7, 11) is 1.26. The van der Waals surface area contributed by atoms with Gasteiger partial charge in [-0.1, -0.05) is 6.92 Å². The SMILES string of the molecule is CC1CCN(CC(O)Cn2c(=O)c3ccc(C(F)(F)F)nc3n(C)c2=O)CC1. The van der Waals surface area contributed by atoms with Crippen LogP contribution in [0.4, 0.5) is 13.2 Å². The Bertz CT molecular complexity index is 975. The number of piperidine rings is 1. The number of fused-ring (bicyclic) bond motifs is 1. The second kappa shape index (κ2) is 7.67. The Kier molecular flexibility index (Phi) is 5.62. The molecular weight excluding hydrogens is 377 g/mol. The van der Waals surface area contributed by atoms with Crippen LogP contribution in [0.3, 0.4) is 0 Å². The average Bonchev–Trinajstić information content (AvgIpc) is 2.64. The van der Waals surface area contributed by atoms with E-state index in [0.29, 0.717) is 18.5 Å². The second-order valence-corrected chi connectivity index (χ2v) is 7.46. The van der Waals surface area contributed by atoms with Crippen LogP contribution in [0.1, 0.15) is 25.5 Å². The lowest BCUT2D eigenvalue weighted by molar-refractivity contribution is -0.141. The number of likely N-dealkylation sites (tertiary alicyclic amines) is 1. The van der Waals surface area contributed by atoms with Gasteiger partial charge in [-0.05, 0) is 44.0 Å². The molecule has 1 fully saturated rings. The van der Waals surface area contributed by atoms with Gasteiger partial charge in [0.15, 0.2) is 0 Å². The number of rotatable bonds is 4. The van der Waals surface area contributed by atoms with Gasteiger partial charge in [-0.25, -0.2) is 9.78 Å². The fourth-order valence-corrected chi connectivity index (χ4v) is 3.50. The summed E-state index contributed by atoms with van der Waals surface area (Å²) in [6.07, 6.45) is -3.57. The summed E-state index contributed by atoms with van der Waals surface area (Å²) in [5, 5.41) is 10.3. The van der Waals surface area contributed by atoms with Gasteiger partial charge < -0.3 is 10.0 Å². The van der Waals surface area contributed by atoms with Crippen molar-refractivity contribution in [2.75, 3.05) is 19.6 Å². The first-order valence-corrected chi connectivity index (χ1v) is 9.16. The zero-order valence-corrected chi connectivity index (χ0v) is 15.7. The molecule has 28 heavy (non-hydrogen) atoms. The highest BCUT2D eigenvalue weighted by molar-refractivity contribution is 5.74. The highest BCUT2D eigenvalue weighted by atomic mass is 19.4. The monoisotopic (exact) mass is 400 g/mol. The molecule has 1 saturated heterocycles. The fourth-order valence-electron chi connectivity index (χ4n) is 3.50. The molecule has 3 rings (SSSR count). The molecule has 0 aromatic carbocycles. The van der Waals surface area contributed by atoms with E-state index in [9.17, 15) is 27.9 Å². The normalized spacial score (nSPS) is 17.9. The first-order chi connectivity index (χ1) is 13.1. The quantitative estimate of drug-likeness (QED) is 0.835. The Balaban J connectivity index is 1.89. The molecule has 2 aromatic heterocycles. The van der Waals surface area contributed by atoms with E-state index in [-0.39, 0.29) is 17.6 Å². The Morgan fingerprint density at radius 3 is 2.46 bits per heavy atom. The smallest absolute Gasteiger partial charge is 0.390 e. The largest absolute Gasteiger partial charge is 0.433 e. The third-order valence-corrected chi connectivity index (χ3v) is 5.22. The second-order valence-electron chi connectivity index (χ2n) is 7.46. The minimum Gasteiger partial charge on any atom is -0.390 e. The predicted molar refractivity (Wildman–Crippen MR) is 97.1 cm³/mol. The van der Waals surface area contributed by atoms with Crippen LogP contribution in [0.2, 0.25) is 0 Å². The maximum atomic E-state index is 12.9. The molecule has 2 aromatic rings. The van der Waals surface area contributed by atoms with Gasteiger partial charge in [0.25, 0.3) is 5.56 Å². The Morgan fingerprint density at radius 1 is 1.21 bits per heavy atom. The topological polar surface area (TPSA) is 80.4 Å². The lowest BCUT2D eigenvalue weighted by Crippen LogP contribution is -2.45. The number of halogens is 3. The van der Waals surface area contributed by atoms with E-state index in [4.69, 9.17) is 0 Å². The number of aryl methyl sites for hydroxylation is 1. The number of aromatic nitrogens is 3. The molecule has 1 aliphatic rings. The Labute approximate surface area is 159 Å². The lowest BCUT2D eigenvalue weighted by atomic mass is 9.99. The van der Waals surface area contributed by atoms with Crippen LogP contribution < -0.4 is 11.2 Å². The van der Waals surface area contributed by atoms with Gasteiger partial charge in [0, 0.05) is 13.6 Å². The van der Waals surface area contributed by atoms with Crippen LogP contribution in [0.15, 0.2) is 21.7 Å². The first kappa shape index (κ1) is 20.5. The molecule has 0 bridgehead atoms. The summed E-state index contributed by atoms with van der Waals surface area (Å²) in [6.45, 7) is 3.95. The number of alkyl halides is 3. The van der Waals surface area contributed by atoms with Gasteiger partial charge in [-0.15, -0.1) is 0 Å². The zero-order chi connectivity index (χ0) is 20.6. The van der Waals surface area contributed by atoms with Crippen LogP contribution in [0, 0.1) is 5.92 Å². The number of hydrogen-bond acceptors (Lipinski definition) is 5. The van der Waals surface area contributed by atoms with E-state index in [1.54, 1.807) is 0 Å². The molecule has 3 heterocycles. The molecule has 1 unspecified atom stereocenters. The summed E-state index contributed by atoms with van der Waals surface area (Å²) >= 11 is 0. The maximum Gasteiger partial charge on any atom is 0.433 e. The maximum absolute atomic E-state index is 12.9. The third kappa shape index (κ3) is 4.12. The molecule has 154 valence electrons. The number of β-amino-alcohol motifs (C(OH)–C–C–N with tert-alkyl or cyclic N) is 1. The van der Waals surface area contributed by atoms with E-state index in [0.717, 1.165) is 41.1 Å². The highest BCUT2D eigenvalue weighted by Gasteiger charge is 2.33. The van der Waals surface area contributed by atoms with Gasteiger partial charge in [0.05, 0.1) is 18.0 Å². The van der Waals surface area contributed by atoms with Crippen molar-refractivity contribution in [3.05, 3.63) is 38.7 Å². The van der Waals surface area contributed by atoms with Crippen molar-refractivity contribution in [1.29, 1.82) is 0 Å². The van der Waals surface area contributed by atoms with E-state index in [1.165, 1.54) is 7.05 Å². The molecule has 0 spiro atoms. The number of nitrogens with zero attached hydrogens (tertiary/aromatic N) is 4. The summed E-state index contributed by atoms with van der Waals surface area (Å²) in [5.41, 5.74) is -3.08. The molecular formula is C18H23F3N4O3. The van der Waals surface area contributed by atoms with E-state index >= 15 is 0 Å². The van der Waals surface area contributed by atoms with Gasteiger partial charge in [-0.3, -0.25) is 13.9 Å². The number of aliphatic hydroxyl groups is 1. The van der Waals surface area contributed by atoms with Gasteiger partial charge in [-0.2, -0.15) is 13.2 Å². The van der Waals surface area contributed by atoms with Gasteiger partial charge in [0.2, 0.25) is 0 Å². The van der Waals surface area contributed by atoms with Crippen molar-refractivity contribution in [2.24, 2.45) is 13.0 Å². The van der Waals surface area contributed by atoms with Crippen molar-refractivity contribution < 1.29 is 18.3 Å². The number of aliphatic hydroxyl groups excluding tert-OH is 1. The van der Waals surface area contributed by atoms with Crippen molar-refractivity contribution in [2.45, 2.75) is 38.6 Å². The minimum atomic E-state index is -4.68. The molecule has 1 aliphatic heterocycles. The number of hydrogen-bond donors (Lipinski definition) is 1. The minimum absolute atomic E-state index is 0.103. The standard InChI is InChI=1S/C18H23F3N4O3/c1-11-5-7-24(8-6-11)9-12(26)10-25-16(27)13-3-4-14(18(19,20)21)22-15(13)23(2)17(25)28/h3-4,11-12,26H,5-10H2,1-2H3. The van der Waals surface area contributed by atoms with Crippen LogP contribution in [0.25, 0.3) is 11.0 Å². The van der Waals surface area contributed by atoms with Crippen molar-refractivity contribution >= 4 is 11.0 Å².